The van der Waals surface area contributed by atoms with Crippen molar-refractivity contribution in [3.05, 3.63) is 17.5 Å². The number of aliphatic hydroxyl groups excluding tert-OH is 1. The lowest BCUT2D eigenvalue weighted by Gasteiger charge is -2.21. The molecule has 6 heteroatoms. The van der Waals surface area contributed by atoms with Gasteiger partial charge in [0.1, 0.15) is 6.61 Å². The Labute approximate surface area is 98.9 Å². The van der Waals surface area contributed by atoms with Crippen molar-refractivity contribution in [1.29, 1.82) is 0 Å². The van der Waals surface area contributed by atoms with Crippen molar-refractivity contribution in [2.24, 2.45) is 5.92 Å². The molecule has 0 bridgehead atoms. The number of nitrogens with zero attached hydrogens (tertiary/aromatic N) is 1. The molecule has 6 nitrogen and oxygen atoms in total. The highest BCUT2D eigenvalue weighted by molar-refractivity contribution is 5.92. The van der Waals surface area contributed by atoms with Crippen LogP contribution < -0.4 is 5.32 Å². The Morgan fingerprint density at radius 1 is 1.53 bits per heavy atom. The normalized spacial score (nSPS) is 17.0. The fraction of sp³-hybridized carbons (Fsp3) is 0.636. The number of carbonyl (C=O) groups excluding carboxylic acids is 1. The van der Waals surface area contributed by atoms with Gasteiger partial charge in [-0.05, 0) is 18.8 Å². The Morgan fingerprint density at radius 3 is 2.94 bits per heavy atom. The van der Waals surface area contributed by atoms with Crippen LogP contribution in [0.1, 0.15) is 29.1 Å². The first-order valence-electron chi connectivity index (χ1n) is 5.72. The molecule has 0 radical (unpaired) electrons. The number of hydrogen-bond acceptors (Lipinski definition) is 5. The van der Waals surface area contributed by atoms with Gasteiger partial charge in [-0.1, -0.05) is 5.16 Å². The zero-order valence-corrected chi connectivity index (χ0v) is 9.52. The van der Waals surface area contributed by atoms with Crippen LogP contribution in [0.4, 0.5) is 0 Å². The first kappa shape index (κ1) is 12.1. The van der Waals surface area contributed by atoms with E-state index in [1.165, 1.54) is 6.07 Å². The Hall–Kier alpha value is -1.40. The largest absolute Gasteiger partial charge is 0.388 e. The highest BCUT2D eigenvalue weighted by Crippen LogP contribution is 2.13. The molecule has 0 spiro atoms. The van der Waals surface area contributed by atoms with Crippen LogP contribution in [0.3, 0.4) is 0 Å². The van der Waals surface area contributed by atoms with Gasteiger partial charge in [-0.15, -0.1) is 0 Å². The van der Waals surface area contributed by atoms with Crippen molar-refractivity contribution in [1.82, 2.24) is 10.5 Å². The van der Waals surface area contributed by atoms with Crippen molar-refractivity contribution in [3.8, 4) is 0 Å². The van der Waals surface area contributed by atoms with E-state index in [0.29, 0.717) is 18.2 Å². The molecule has 1 aromatic heterocycles. The van der Waals surface area contributed by atoms with Crippen LogP contribution in [-0.4, -0.2) is 35.9 Å². The van der Waals surface area contributed by atoms with E-state index in [2.05, 4.69) is 10.5 Å². The molecule has 0 atom stereocenters. The summed E-state index contributed by atoms with van der Waals surface area (Å²) < 4.78 is 9.99. The molecule has 2 rings (SSSR count). The number of aromatic nitrogens is 1. The molecular formula is C11H16N2O4. The average molecular weight is 240 g/mol. The molecule has 2 heterocycles. The second kappa shape index (κ2) is 5.79. The van der Waals surface area contributed by atoms with E-state index in [-0.39, 0.29) is 18.2 Å². The molecule has 17 heavy (non-hydrogen) atoms. The van der Waals surface area contributed by atoms with Crippen molar-refractivity contribution >= 4 is 5.91 Å². The highest BCUT2D eigenvalue weighted by Gasteiger charge is 2.17. The smallest absolute Gasteiger partial charge is 0.273 e. The minimum absolute atomic E-state index is 0.209. The van der Waals surface area contributed by atoms with E-state index >= 15 is 0 Å². The van der Waals surface area contributed by atoms with Gasteiger partial charge < -0.3 is 19.7 Å². The Bertz CT molecular complexity index is 371. The lowest BCUT2D eigenvalue weighted by Crippen LogP contribution is -2.32. The highest BCUT2D eigenvalue weighted by atomic mass is 16.5. The molecule has 0 aliphatic carbocycles. The SMILES string of the molecule is O=C(NCC1CCOCC1)c1cc(CO)on1. The second-order valence-electron chi connectivity index (χ2n) is 4.10. The summed E-state index contributed by atoms with van der Waals surface area (Å²) >= 11 is 0. The molecular weight excluding hydrogens is 224 g/mol. The maximum absolute atomic E-state index is 11.7. The van der Waals surface area contributed by atoms with Gasteiger partial charge in [0.15, 0.2) is 11.5 Å². The third kappa shape index (κ3) is 3.28. The molecule has 2 N–H and O–H groups in total. The van der Waals surface area contributed by atoms with Gasteiger partial charge in [-0.2, -0.15) is 0 Å². The number of carbonyl (C=O) groups is 1. The third-order valence-corrected chi connectivity index (χ3v) is 2.84. The lowest BCUT2D eigenvalue weighted by molar-refractivity contribution is 0.0641. The Balaban J connectivity index is 1.80. The molecule has 1 saturated heterocycles. The molecule has 1 amide bonds. The monoisotopic (exact) mass is 240 g/mol. The summed E-state index contributed by atoms with van der Waals surface area (Å²) in [6.07, 6.45) is 1.95. The molecule has 1 aliphatic heterocycles. The van der Waals surface area contributed by atoms with E-state index in [1.807, 2.05) is 0 Å². The summed E-state index contributed by atoms with van der Waals surface area (Å²) in [5.41, 5.74) is 0.209. The fourth-order valence-corrected chi connectivity index (χ4v) is 1.77. The van der Waals surface area contributed by atoms with Gasteiger partial charge >= 0.3 is 0 Å². The molecule has 0 saturated carbocycles. The molecule has 1 fully saturated rings. The molecule has 0 aromatic carbocycles. The van der Waals surface area contributed by atoms with Gasteiger partial charge in [-0.25, -0.2) is 0 Å². The number of ether oxygens (including phenoxy) is 1. The van der Waals surface area contributed by atoms with Crippen LogP contribution in [-0.2, 0) is 11.3 Å². The predicted octanol–water partition coefficient (Wildman–Crippen LogP) is 0.323. The van der Waals surface area contributed by atoms with Crippen LogP contribution in [0.5, 0.6) is 0 Å². The lowest BCUT2D eigenvalue weighted by atomic mass is 10.0. The van der Waals surface area contributed by atoms with Crippen LogP contribution in [0.15, 0.2) is 10.6 Å². The van der Waals surface area contributed by atoms with Gasteiger partial charge in [0, 0.05) is 25.8 Å². The number of rotatable bonds is 4. The van der Waals surface area contributed by atoms with Crippen LogP contribution in [0.25, 0.3) is 0 Å². The third-order valence-electron chi connectivity index (χ3n) is 2.84. The van der Waals surface area contributed by atoms with Crippen molar-refractivity contribution < 1.29 is 19.2 Å². The molecule has 1 aromatic rings. The standard InChI is InChI=1S/C11H16N2O4/c14-7-9-5-10(13-17-9)11(15)12-6-8-1-3-16-4-2-8/h5,8,14H,1-4,6-7H2,(H,12,15). The first-order valence-corrected chi connectivity index (χ1v) is 5.72. The van der Waals surface area contributed by atoms with Crippen LogP contribution in [0, 0.1) is 5.92 Å². The molecule has 1 aliphatic rings. The summed E-state index contributed by atoms with van der Waals surface area (Å²) in [4.78, 5) is 11.7. The maximum Gasteiger partial charge on any atom is 0.273 e. The van der Waals surface area contributed by atoms with E-state index in [0.717, 1.165) is 26.1 Å². The van der Waals surface area contributed by atoms with Crippen LogP contribution in [0.2, 0.25) is 0 Å². The Morgan fingerprint density at radius 2 is 2.29 bits per heavy atom. The van der Waals surface area contributed by atoms with Gasteiger partial charge in [-0.3, -0.25) is 4.79 Å². The molecule has 94 valence electrons. The summed E-state index contributed by atoms with van der Waals surface area (Å²) in [6.45, 7) is 1.90. The second-order valence-corrected chi connectivity index (χ2v) is 4.10. The van der Waals surface area contributed by atoms with E-state index in [4.69, 9.17) is 14.4 Å². The van der Waals surface area contributed by atoms with E-state index in [9.17, 15) is 4.79 Å². The topological polar surface area (TPSA) is 84.6 Å². The van der Waals surface area contributed by atoms with E-state index in [1.54, 1.807) is 0 Å². The summed E-state index contributed by atoms with van der Waals surface area (Å²) in [5, 5.41) is 15.2. The number of nitrogens with one attached hydrogen (secondary N) is 1. The number of aliphatic hydroxyl groups is 1. The zero-order chi connectivity index (χ0) is 12.1. The maximum atomic E-state index is 11.7. The summed E-state index contributed by atoms with van der Waals surface area (Å²) in [7, 11) is 0. The zero-order valence-electron chi connectivity index (χ0n) is 9.52. The summed E-state index contributed by atoms with van der Waals surface area (Å²) in [6, 6.07) is 1.44. The van der Waals surface area contributed by atoms with Crippen molar-refractivity contribution in [3.63, 3.8) is 0 Å². The van der Waals surface area contributed by atoms with Crippen LogP contribution >= 0.6 is 0 Å². The predicted molar refractivity (Wildman–Crippen MR) is 58.3 cm³/mol. The Kier molecular flexibility index (Phi) is 4.11. The summed E-state index contributed by atoms with van der Waals surface area (Å²) in [5.74, 6) is 0.498. The molecule has 0 unspecified atom stereocenters. The number of amides is 1. The van der Waals surface area contributed by atoms with Crippen molar-refractivity contribution in [2.45, 2.75) is 19.4 Å². The minimum atomic E-state index is -0.264. The van der Waals surface area contributed by atoms with Gasteiger partial charge in [0.05, 0.1) is 0 Å². The van der Waals surface area contributed by atoms with E-state index < -0.39 is 0 Å². The van der Waals surface area contributed by atoms with Gasteiger partial charge in [0.2, 0.25) is 0 Å². The number of hydrogen-bond donors (Lipinski definition) is 2. The quantitative estimate of drug-likeness (QED) is 0.792. The first-order chi connectivity index (χ1) is 8.29. The minimum Gasteiger partial charge on any atom is -0.388 e. The average Bonchev–Trinajstić information content (AvgIpc) is 2.86. The van der Waals surface area contributed by atoms with Gasteiger partial charge in [0.25, 0.3) is 5.91 Å². The van der Waals surface area contributed by atoms with Crippen molar-refractivity contribution in [2.75, 3.05) is 19.8 Å². The fourth-order valence-electron chi connectivity index (χ4n) is 1.77.